The van der Waals surface area contributed by atoms with Crippen molar-refractivity contribution in [1.82, 2.24) is 5.32 Å². The molecule has 0 saturated carbocycles. The molecule has 1 heterocycles. The van der Waals surface area contributed by atoms with E-state index >= 15 is 0 Å². The minimum Gasteiger partial charge on any atom is -0.384 e. The zero-order chi connectivity index (χ0) is 24.6. The van der Waals surface area contributed by atoms with Crippen molar-refractivity contribution in [3.05, 3.63) is 95.3 Å². The van der Waals surface area contributed by atoms with E-state index in [0.717, 1.165) is 28.1 Å². The first-order valence-electron chi connectivity index (χ1n) is 11.9. The number of aliphatic hydroxyl groups is 1. The van der Waals surface area contributed by atoms with Crippen LogP contribution in [0.5, 0.6) is 0 Å². The highest BCUT2D eigenvalue weighted by atomic mass is 19.1. The number of rotatable bonds is 5. The molecule has 1 aliphatic heterocycles. The summed E-state index contributed by atoms with van der Waals surface area (Å²) in [5.74, 6) is -0.584. The van der Waals surface area contributed by atoms with Gasteiger partial charge in [-0.25, -0.2) is 4.39 Å². The second-order valence-corrected chi connectivity index (χ2v) is 10.0. The van der Waals surface area contributed by atoms with E-state index in [1.54, 1.807) is 12.1 Å². The van der Waals surface area contributed by atoms with Gasteiger partial charge in [-0.2, -0.15) is 0 Å². The summed E-state index contributed by atoms with van der Waals surface area (Å²) < 4.78 is 13.8. The smallest absolute Gasteiger partial charge is 0.123 e. The maximum atomic E-state index is 13.8. The van der Waals surface area contributed by atoms with Gasteiger partial charge in [0, 0.05) is 63.5 Å². The molecular weight excluding hydrogens is 425 g/mol. The normalized spacial score (nSPS) is 26.8. The predicted molar refractivity (Wildman–Crippen MR) is 139 cm³/mol. The van der Waals surface area contributed by atoms with Gasteiger partial charge in [0.1, 0.15) is 5.82 Å². The Kier molecular flexibility index (Phi) is 6.70. The minimum absolute atomic E-state index is 0.0824. The van der Waals surface area contributed by atoms with E-state index in [1.807, 2.05) is 28.2 Å². The SMILES string of the molecule is C[C@@H]1[C@H](c2ccc(N(C)C)cc2)N[C@@H](c2ccc(N(C)C)cc2)[C@H](C)C1(O)c1ccc(F)cc1. The third kappa shape index (κ3) is 4.30. The quantitative estimate of drug-likeness (QED) is 0.526. The van der Waals surface area contributed by atoms with Crippen molar-refractivity contribution < 1.29 is 9.50 Å². The van der Waals surface area contributed by atoms with Crippen LogP contribution < -0.4 is 15.1 Å². The van der Waals surface area contributed by atoms with Crippen molar-refractivity contribution in [1.29, 1.82) is 0 Å². The van der Waals surface area contributed by atoms with E-state index in [0.29, 0.717) is 0 Å². The maximum absolute atomic E-state index is 13.8. The molecule has 2 N–H and O–H groups in total. The van der Waals surface area contributed by atoms with Crippen LogP contribution in [0, 0.1) is 17.7 Å². The van der Waals surface area contributed by atoms with Crippen molar-refractivity contribution in [3.8, 4) is 0 Å². The molecule has 0 spiro atoms. The van der Waals surface area contributed by atoms with Crippen LogP contribution in [-0.2, 0) is 5.60 Å². The molecule has 5 atom stereocenters. The first-order valence-corrected chi connectivity index (χ1v) is 11.9. The Labute approximate surface area is 203 Å². The van der Waals surface area contributed by atoms with Crippen LogP contribution in [0.4, 0.5) is 15.8 Å². The summed E-state index contributed by atoms with van der Waals surface area (Å²) in [6.45, 7) is 4.17. The number of nitrogens with zero attached hydrogens (tertiary/aromatic N) is 2. The van der Waals surface area contributed by atoms with Gasteiger partial charge in [0.15, 0.2) is 0 Å². The van der Waals surface area contributed by atoms with E-state index in [1.165, 1.54) is 12.1 Å². The van der Waals surface area contributed by atoms with E-state index in [4.69, 9.17) is 0 Å². The number of hydrogen-bond donors (Lipinski definition) is 2. The summed E-state index contributed by atoms with van der Waals surface area (Å²) >= 11 is 0. The van der Waals surface area contributed by atoms with E-state index in [-0.39, 0.29) is 29.7 Å². The van der Waals surface area contributed by atoms with Crippen LogP contribution in [0.3, 0.4) is 0 Å². The standard InChI is InChI=1S/C29H36FN3O/c1-19-27(21-7-15-25(16-8-21)32(3)4)31-28(22-9-17-26(18-10-22)33(5)6)20(2)29(19,34)23-11-13-24(30)14-12-23/h7-20,27-28,31,34H,1-6H3/t19-,20+,27-,28-,29?/m1/s1. The monoisotopic (exact) mass is 461 g/mol. The molecule has 0 aliphatic carbocycles. The van der Waals surface area contributed by atoms with Crippen LogP contribution in [0.1, 0.15) is 42.6 Å². The zero-order valence-electron chi connectivity index (χ0n) is 21.0. The number of halogens is 1. The lowest BCUT2D eigenvalue weighted by Gasteiger charge is -2.52. The molecule has 0 amide bonds. The number of anilines is 2. The summed E-state index contributed by atoms with van der Waals surface area (Å²) in [6.07, 6.45) is 0. The molecule has 4 rings (SSSR count). The molecule has 3 aromatic rings. The van der Waals surface area contributed by atoms with Crippen LogP contribution in [0.25, 0.3) is 0 Å². The summed E-state index contributed by atoms with van der Waals surface area (Å²) in [5.41, 5.74) is 4.12. The summed E-state index contributed by atoms with van der Waals surface area (Å²) in [7, 11) is 8.11. The second kappa shape index (κ2) is 9.40. The van der Waals surface area contributed by atoms with Gasteiger partial charge in [-0.05, 0) is 53.1 Å². The average Bonchev–Trinajstić information content (AvgIpc) is 2.83. The molecule has 1 fully saturated rings. The van der Waals surface area contributed by atoms with Crippen molar-refractivity contribution in [3.63, 3.8) is 0 Å². The highest BCUT2D eigenvalue weighted by molar-refractivity contribution is 5.48. The van der Waals surface area contributed by atoms with Crippen molar-refractivity contribution in [2.75, 3.05) is 38.0 Å². The molecule has 0 aromatic heterocycles. The largest absolute Gasteiger partial charge is 0.384 e. The van der Waals surface area contributed by atoms with Crippen LogP contribution in [0.2, 0.25) is 0 Å². The highest BCUT2D eigenvalue weighted by Crippen LogP contribution is 2.52. The Morgan fingerprint density at radius 3 is 1.41 bits per heavy atom. The van der Waals surface area contributed by atoms with E-state index in [2.05, 4.69) is 77.5 Å². The first kappa shape index (κ1) is 24.2. The third-order valence-corrected chi connectivity index (χ3v) is 7.59. The molecule has 180 valence electrons. The summed E-state index contributed by atoms with van der Waals surface area (Å²) in [4.78, 5) is 4.15. The number of hydrogen-bond acceptors (Lipinski definition) is 4. The number of benzene rings is 3. The molecular formula is C29H36FN3O. The molecule has 1 unspecified atom stereocenters. The summed E-state index contributed by atoms with van der Waals surface area (Å²) in [5, 5.41) is 16.2. The molecule has 34 heavy (non-hydrogen) atoms. The minimum atomic E-state index is -1.14. The zero-order valence-corrected chi connectivity index (χ0v) is 21.0. The lowest BCUT2D eigenvalue weighted by atomic mass is 9.63. The van der Waals surface area contributed by atoms with Gasteiger partial charge in [-0.3, -0.25) is 0 Å². The third-order valence-electron chi connectivity index (χ3n) is 7.59. The Hall–Kier alpha value is -2.89. The topological polar surface area (TPSA) is 38.7 Å². The van der Waals surface area contributed by atoms with Crippen LogP contribution in [-0.4, -0.2) is 33.3 Å². The molecule has 1 saturated heterocycles. The predicted octanol–water partition coefficient (Wildman–Crippen LogP) is 5.50. The number of piperidine rings is 1. The molecule has 3 aromatic carbocycles. The fourth-order valence-electron chi connectivity index (χ4n) is 5.38. The Morgan fingerprint density at radius 1 is 0.676 bits per heavy atom. The maximum Gasteiger partial charge on any atom is 0.123 e. The Bertz CT molecular complexity index is 1030. The Morgan fingerprint density at radius 2 is 1.06 bits per heavy atom. The van der Waals surface area contributed by atoms with Crippen LogP contribution in [0.15, 0.2) is 72.8 Å². The first-order chi connectivity index (χ1) is 16.1. The number of nitrogens with one attached hydrogen (secondary N) is 1. The van der Waals surface area contributed by atoms with Gasteiger partial charge in [0.2, 0.25) is 0 Å². The molecule has 1 aliphatic rings. The second-order valence-electron chi connectivity index (χ2n) is 10.0. The average molecular weight is 462 g/mol. The van der Waals surface area contributed by atoms with Gasteiger partial charge in [0.05, 0.1) is 5.60 Å². The lowest BCUT2D eigenvalue weighted by Crippen LogP contribution is -2.55. The fraction of sp³-hybridized carbons (Fsp3) is 0.379. The summed E-state index contributed by atoms with van der Waals surface area (Å²) in [6, 6.07) is 23.2. The Balaban J connectivity index is 1.79. The molecule has 0 radical (unpaired) electrons. The van der Waals surface area contributed by atoms with Crippen molar-refractivity contribution >= 4 is 11.4 Å². The highest BCUT2D eigenvalue weighted by Gasteiger charge is 2.52. The molecule has 5 heteroatoms. The van der Waals surface area contributed by atoms with Gasteiger partial charge >= 0.3 is 0 Å². The fourth-order valence-corrected chi connectivity index (χ4v) is 5.38. The van der Waals surface area contributed by atoms with Crippen LogP contribution >= 0.6 is 0 Å². The van der Waals surface area contributed by atoms with E-state index in [9.17, 15) is 9.50 Å². The molecule has 0 bridgehead atoms. The molecule has 4 nitrogen and oxygen atoms in total. The van der Waals surface area contributed by atoms with Gasteiger partial charge in [-0.15, -0.1) is 0 Å². The van der Waals surface area contributed by atoms with Crippen molar-refractivity contribution in [2.24, 2.45) is 11.8 Å². The van der Waals surface area contributed by atoms with Crippen molar-refractivity contribution in [2.45, 2.75) is 31.5 Å². The van der Waals surface area contributed by atoms with Gasteiger partial charge in [0.25, 0.3) is 0 Å². The van der Waals surface area contributed by atoms with Gasteiger partial charge in [-0.1, -0.05) is 50.2 Å². The van der Waals surface area contributed by atoms with E-state index < -0.39 is 5.60 Å². The van der Waals surface area contributed by atoms with Gasteiger partial charge < -0.3 is 20.2 Å². The lowest BCUT2D eigenvalue weighted by molar-refractivity contribution is -0.118.